The molecule has 0 unspecified atom stereocenters. The first-order valence-corrected chi connectivity index (χ1v) is 11.4. The van der Waals surface area contributed by atoms with Crippen LogP contribution >= 0.6 is 0 Å². The van der Waals surface area contributed by atoms with Gasteiger partial charge in [-0.1, -0.05) is 78.9 Å². The molecule has 0 aliphatic heterocycles. The molecule has 1 aromatic heterocycles. The van der Waals surface area contributed by atoms with Crippen molar-refractivity contribution in [2.75, 3.05) is 0 Å². The average molecular weight is 446 g/mol. The summed E-state index contributed by atoms with van der Waals surface area (Å²) in [5.41, 5.74) is 8.06. The summed E-state index contributed by atoms with van der Waals surface area (Å²) in [5.74, 6) is 0. The largest absolute Gasteiger partial charge is 0.309 e. The van der Waals surface area contributed by atoms with E-state index in [1.807, 2.05) is 42.5 Å². The lowest BCUT2D eigenvalue weighted by molar-refractivity contribution is 1.18. The Balaban J connectivity index is 1.70. The zero-order valence-electron chi connectivity index (χ0n) is 18.8. The lowest BCUT2D eigenvalue weighted by Gasteiger charge is -2.12. The van der Waals surface area contributed by atoms with Crippen molar-refractivity contribution >= 4 is 21.8 Å². The van der Waals surface area contributed by atoms with Gasteiger partial charge in [0.25, 0.3) is 0 Å². The number of para-hydroxylation sites is 1. The fourth-order valence-electron chi connectivity index (χ4n) is 4.99. The molecule has 3 heteroatoms. The fourth-order valence-corrected chi connectivity index (χ4v) is 4.99. The molecule has 0 saturated heterocycles. The third-order valence-corrected chi connectivity index (χ3v) is 6.48. The average Bonchev–Trinajstić information content (AvgIpc) is 3.28. The molecule has 6 rings (SSSR count). The number of hydrogen-bond acceptors (Lipinski definition) is 2. The second kappa shape index (κ2) is 8.34. The van der Waals surface area contributed by atoms with E-state index in [1.54, 1.807) is 18.2 Å². The maximum absolute atomic E-state index is 9.84. The summed E-state index contributed by atoms with van der Waals surface area (Å²) in [5, 5.41) is 21.8. The van der Waals surface area contributed by atoms with Crippen molar-refractivity contribution in [3.8, 4) is 40.1 Å². The molecule has 0 atom stereocenters. The summed E-state index contributed by atoms with van der Waals surface area (Å²) in [7, 11) is 0. The standard InChI is InChI=1S/C32H19N3/c33-20-24-12-6-13-25(21-34)31(24)28-16-8-18-30-32(28)27-15-4-5-17-29(27)35(30)26-14-7-11-23(19-26)22-9-2-1-3-10-22/h1-19H. The van der Waals surface area contributed by atoms with Crippen LogP contribution < -0.4 is 0 Å². The van der Waals surface area contributed by atoms with Gasteiger partial charge in [-0.2, -0.15) is 10.5 Å². The molecule has 3 nitrogen and oxygen atoms in total. The van der Waals surface area contributed by atoms with Crippen LogP contribution in [0.1, 0.15) is 11.1 Å². The van der Waals surface area contributed by atoms with Gasteiger partial charge in [0.1, 0.15) is 0 Å². The molecule has 162 valence electrons. The minimum atomic E-state index is 0.499. The van der Waals surface area contributed by atoms with E-state index >= 15 is 0 Å². The molecule has 0 fully saturated rings. The van der Waals surface area contributed by atoms with Gasteiger partial charge < -0.3 is 4.57 Å². The van der Waals surface area contributed by atoms with Gasteiger partial charge >= 0.3 is 0 Å². The summed E-state index contributed by atoms with van der Waals surface area (Å²) < 4.78 is 2.27. The molecule has 0 N–H and O–H groups in total. The van der Waals surface area contributed by atoms with Crippen molar-refractivity contribution in [3.05, 3.63) is 126 Å². The number of nitriles is 2. The van der Waals surface area contributed by atoms with E-state index in [-0.39, 0.29) is 0 Å². The van der Waals surface area contributed by atoms with Crippen LogP contribution in [0.4, 0.5) is 0 Å². The Morgan fingerprint density at radius 2 is 1.17 bits per heavy atom. The molecular formula is C32H19N3. The van der Waals surface area contributed by atoms with Crippen molar-refractivity contribution in [2.24, 2.45) is 0 Å². The number of nitrogens with zero attached hydrogens (tertiary/aromatic N) is 3. The Bertz CT molecular complexity index is 1780. The number of fused-ring (bicyclic) bond motifs is 3. The molecule has 1 heterocycles. The Labute approximate surface area is 203 Å². The van der Waals surface area contributed by atoms with Gasteiger partial charge in [-0.15, -0.1) is 0 Å². The summed E-state index contributed by atoms with van der Waals surface area (Å²) in [6.45, 7) is 0. The van der Waals surface area contributed by atoms with Gasteiger partial charge in [0.2, 0.25) is 0 Å². The molecule has 0 radical (unpaired) electrons. The molecule has 5 aromatic carbocycles. The normalized spacial score (nSPS) is 10.8. The predicted molar refractivity (Wildman–Crippen MR) is 141 cm³/mol. The van der Waals surface area contributed by atoms with Crippen LogP contribution in [0.3, 0.4) is 0 Å². The van der Waals surface area contributed by atoms with E-state index in [9.17, 15) is 10.5 Å². The molecule has 35 heavy (non-hydrogen) atoms. The third kappa shape index (κ3) is 3.27. The van der Waals surface area contributed by atoms with Gasteiger partial charge in [-0.05, 0) is 53.1 Å². The van der Waals surface area contributed by atoms with E-state index in [4.69, 9.17) is 0 Å². The quantitative estimate of drug-likeness (QED) is 0.278. The highest BCUT2D eigenvalue weighted by molar-refractivity contribution is 6.16. The van der Waals surface area contributed by atoms with Gasteiger partial charge in [0.15, 0.2) is 0 Å². The lowest BCUT2D eigenvalue weighted by atomic mass is 9.92. The maximum atomic E-state index is 9.84. The van der Waals surface area contributed by atoms with Crippen LogP contribution in [-0.4, -0.2) is 4.57 Å². The summed E-state index contributed by atoms with van der Waals surface area (Å²) in [6, 6.07) is 43.2. The zero-order chi connectivity index (χ0) is 23.8. The highest BCUT2D eigenvalue weighted by Crippen LogP contribution is 2.40. The summed E-state index contributed by atoms with van der Waals surface area (Å²) >= 11 is 0. The van der Waals surface area contributed by atoms with E-state index < -0.39 is 0 Å². The van der Waals surface area contributed by atoms with Crippen LogP contribution in [0, 0.1) is 22.7 Å². The summed E-state index contributed by atoms with van der Waals surface area (Å²) in [4.78, 5) is 0. The Kier molecular flexibility index (Phi) is 4.88. The van der Waals surface area contributed by atoms with Gasteiger partial charge in [-0.25, -0.2) is 0 Å². The highest BCUT2D eigenvalue weighted by Gasteiger charge is 2.19. The minimum absolute atomic E-state index is 0.499. The Morgan fingerprint density at radius 1 is 0.543 bits per heavy atom. The number of rotatable bonds is 3. The van der Waals surface area contributed by atoms with E-state index in [2.05, 4.69) is 71.3 Å². The molecule has 0 bridgehead atoms. The van der Waals surface area contributed by atoms with Crippen molar-refractivity contribution < 1.29 is 0 Å². The van der Waals surface area contributed by atoms with Crippen molar-refractivity contribution in [2.45, 2.75) is 0 Å². The van der Waals surface area contributed by atoms with E-state index in [0.29, 0.717) is 16.7 Å². The molecule has 6 aromatic rings. The minimum Gasteiger partial charge on any atom is -0.309 e. The van der Waals surface area contributed by atoms with Crippen LogP contribution in [0.5, 0.6) is 0 Å². The smallest absolute Gasteiger partial charge is 0.0998 e. The van der Waals surface area contributed by atoms with E-state index in [1.165, 1.54) is 0 Å². The number of benzene rings is 5. The topological polar surface area (TPSA) is 52.5 Å². The highest BCUT2D eigenvalue weighted by atomic mass is 15.0. The van der Waals surface area contributed by atoms with Crippen LogP contribution in [0.25, 0.3) is 49.7 Å². The summed E-state index contributed by atoms with van der Waals surface area (Å²) in [6.07, 6.45) is 0. The fraction of sp³-hybridized carbons (Fsp3) is 0. The first kappa shape index (κ1) is 20.5. The van der Waals surface area contributed by atoms with Gasteiger partial charge in [-0.3, -0.25) is 0 Å². The molecule has 0 spiro atoms. The van der Waals surface area contributed by atoms with Crippen molar-refractivity contribution in [1.82, 2.24) is 4.57 Å². The molecule has 0 aliphatic carbocycles. The monoisotopic (exact) mass is 445 g/mol. The predicted octanol–water partition coefficient (Wildman–Crippen LogP) is 7.86. The third-order valence-electron chi connectivity index (χ3n) is 6.48. The molecule has 0 amide bonds. The van der Waals surface area contributed by atoms with Gasteiger partial charge in [0, 0.05) is 22.0 Å². The van der Waals surface area contributed by atoms with Crippen LogP contribution in [0.15, 0.2) is 115 Å². The Hall–Kier alpha value is -5.12. The SMILES string of the molecule is N#Cc1cccc(C#N)c1-c1cccc2c1c1ccccc1n2-c1cccc(-c2ccccc2)c1. The zero-order valence-corrected chi connectivity index (χ0v) is 18.8. The number of hydrogen-bond donors (Lipinski definition) is 0. The second-order valence-electron chi connectivity index (χ2n) is 8.42. The maximum Gasteiger partial charge on any atom is 0.0998 e. The number of aromatic nitrogens is 1. The van der Waals surface area contributed by atoms with Crippen LogP contribution in [-0.2, 0) is 0 Å². The van der Waals surface area contributed by atoms with Crippen molar-refractivity contribution in [3.63, 3.8) is 0 Å². The van der Waals surface area contributed by atoms with Crippen LogP contribution in [0.2, 0.25) is 0 Å². The molecular weight excluding hydrogens is 426 g/mol. The molecule has 0 saturated carbocycles. The van der Waals surface area contributed by atoms with Crippen molar-refractivity contribution in [1.29, 1.82) is 10.5 Å². The lowest BCUT2D eigenvalue weighted by Crippen LogP contribution is -1.95. The van der Waals surface area contributed by atoms with E-state index in [0.717, 1.165) is 44.2 Å². The van der Waals surface area contributed by atoms with Gasteiger partial charge in [0.05, 0.1) is 34.3 Å². The second-order valence-corrected chi connectivity index (χ2v) is 8.42. The molecule has 0 aliphatic rings. The first-order chi connectivity index (χ1) is 17.3. The first-order valence-electron chi connectivity index (χ1n) is 11.4. The Morgan fingerprint density at radius 3 is 1.94 bits per heavy atom.